The molecule has 0 aliphatic heterocycles. The first kappa shape index (κ1) is 14.6. The lowest BCUT2D eigenvalue weighted by atomic mass is 9.93. The van der Waals surface area contributed by atoms with Crippen molar-refractivity contribution in [3.05, 3.63) is 48.0 Å². The van der Waals surface area contributed by atoms with Crippen LogP contribution in [-0.4, -0.2) is 28.7 Å². The molecule has 2 aromatic rings. The molecule has 110 valence electrons. The Bertz CT molecular complexity index is 649. The van der Waals surface area contributed by atoms with Gasteiger partial charge in [0.1, 0.15) is 0 Å². The van der Waals surface area contributed by atoms with Crippen LogP contribution >= 0.6 is 15.9 Å². The van der Waals surface area contributed by atoms with E-state index in [1.54, 1.807) is 0 Å². The van der Waals surface area contributed by atoms with E-state index in [-0.39, 0.29) is 5.91 Å². The number of nitrogens with zero attached hydrogens (tertiary/aromatic N) is 1. The maximum absolute atomic E-state index is 12.9. The molecule has 0 N–H and O–H groups in total. The molecule has 1 amide bonds. The number of rotatable bonds is 2. The number of fused-ring (bicyclic) bond motifs is 1. The number of amides is 1. The Labute approximate surface area is 134 Å². The van der Waals surface area contributed by atoms with Crippen molar-refractivity contribution in [2.24, 2.45) is 0 Å². The SMILES string of the molecule is CN(C(=O)c1cccc2ccccc12)C1CCCCC1Br. The lowest BCUT2D eigenvalue weighted by Crippen LogP contribution is -2.44. The summed E-state index contributed by atoms with van der Waals surface area (Å²) in [6, 6.07) is 14.3. The Morgan fingerprint density at radius 1 is 1.10 bits per heavy atom. The van der Waals surface area contributed by atoms with E-state index in [0.717, 1.165) is 29.2 Å². The van der Waals surface area contributed by atoms with Crippen LogP contribution in [0.3, 0.4) is 0 Å². The third-order valence-electron chi connectivity index (χ3n) is 4.49. The van der Waals surface area contributed by atoms with E-state index in [1.165, 1.54) is 12.8 Å². The fraction of sp³-hybridized carbons (Fsp3) is 0.389. The minimum atomic E-state index is 0.128. The molecule has 0 spiro atoms. The molecule has 3 rings (SSSR count). The van der Waals surface area contributed by atoms with Crippen molar-refractivity contribution >= 4 is 32.6 Å². The molecule has 2 unspecified atom stereocenters. The summed E-state index contributed by atoms with van der Waals surface area (Å²) in [5.74, 6) is 0.128. The average molecular weight is 346 g/mol. The molecule has 0 heterocycles. The Morgan fingerprint density at radius 3 is 2.62 bits per heavy atom. The first-order valence-corrected chi connectivity index (χ1v) is 8.49. The monoisotopic (exact) mass is 345 g/mol. The summed E-state index contributed by atoms with van der Waals surface area (Å²) in [7, 11) is 1.94. The number of carbonyl (C=O) groups excluding carboxylic acids is 1. The van der Waals surface area contributed by atoms with Crippen LogP contribution in [0.15, 0.2) is 42.5 Å². The van der Waals surface area contributed by atoms with Crippen molar-refractivity contribution in [3.63, 3.8) is 0 Å². The summed E-state index contributed by atoms with van der Waals surface area (Å²) >= 11 is 3.75. The minimum absolute atomic E-state index is 0.128. The zero-order valence-electron chi connectivity index (χ0n) is 12.3. The fourth-order valence-corrected chi connectivity index (χ4v) is 4.20. The van der Waals surface area contributed by atoms with Crippen LogP contribution in [0.2, 0.25) is 0 Å². The molecule has 2 nitrogen and oxygen atoms in total. The number of alkyl halides is 1. The van der Waals surface area contributed by atoms with Gasteiger partial charge < -0.3 is 4.90 Å². The standard InChI is InChI=1S/C18H20BrNO/c1-20(17-12-5-4-11-16(17)19)18(21)15-10-6-8-13-7-2-3-9-14(13)15/h2-3,6-10,16-17H,4-5,11-12H2,1H3. The zero-order valence-corrected chi connectivity index (χ0v) is 13.8. The number of halogens is 1. The van der Waals surface area contributed by atoms with Gasteiger partial charge in [0.15, 0.2) is 0 Å². The fourth-order valence-electron chi connectivity index (χ4n) is 3.25. The highest BCUT2D eigenvalue weighted by atomic mass is 79.9. The zero-order chi connectivity index (χ0) is 14.8. The molecule has 21 heavy (non-hydrogen) atoms. The van der Waals surface area contributed by atoms with Crippen LogP contribution in [0.25, 0.3) is 10.8 Å². The summed E-state index contributed by atoms with van der Waals surface area (Å²) in [5.41, 5.74) is 0.806. The predicted octanol–water partition coefficient (Wildman–Crippen LogP) is 4.62. The molecule has 1 saturated carbocycles. The van der Waals surface area contributed by atoms with Gasteiger partial charge in [-0.2, -0.15) is 0 Å². The van der Waals surface area contributed by atoms with Gasteiger partial charge >= 0.3 is 0 Å². The van der Waals surface area contributed by atoms with Crippen molar-refractivity contribution < 1.29 is 4.79 Å². The minimum Gasteiger partial charge on any atom is -0.338 e. The maximum Gasteiger partial charge on any atom is 0.254 e. The van der Waals surface area contributed by atoms with Crippen molar-refractivity contribution in [3.8, 4) is 0 Å². The molecule has 0 saturated heterocycles. The topological polar surface area (TPSA) is 20.3 Å². The van der Waals surface area contributed by atoms with Gasteiger partial charge in [-0.15, -0.1) is 0 Å². The smallest absolute Gasteiger partial charge is 0.254 e. The molecule has 1 fully saturated rings. The predicted molar refractivity (Wildman–Crippen MR) is 91.0 cm³/mol. The van der Waals surface area contributed by atoms with E-state index in [4.69, 9.17) is 0 Å². The first-order chi connectivity index (χ1) is 10.2. The van der Waals surface area contributed by atoms with E-state index in [2.05, 4.69) is 28.1 Å². The van der Waals surface area contributed by atoms with Crippen molar-refractivity contribution in [1.29, 1.82) is 0 Å². The van der Waals surface area contributed by atoms with Crippen LogP contribution in [0.1, 0.15) is 36.0 Å². The van der Waals surface area contributed by atoms with Crippen molar-refractivity contribution in [2.45, 2.75) is 36.6 Å². The van der Waals surface area contributed by atoms with Crippen LogP contribution in [0.5, 0.6) is 0 Å². The molecular weight excluding hydrogens is 326 g/mol. The Balaban J connectivity index is 1.93. The van der Waals surface area contributed by atoms with Gasteiger partial charge in [-0.3, -0.25) is 4.79 Å². The van der Waals surface area contributed by atoms with Crippen LogP contribution < -0.4 is 0 Å². The molecular formula is C18H20BrNO. The lowest BCUT2D eigenvalue weighted by molar-refractivity contribution is 0.0707. The third-order valence-corrected chi connectivity index (χ3v) is 5.55. The summed E-state index contributed by atoms with van der Waals surface area (Å²) in [6.45, 7) is 0. The van der Waals surface area contributed by atoms with Crippen molar-refractivity contribution in [2.75, 3.05) is 7.05 Å². The number of hydrogen-bond acceptors (Lipinski definition) is 1. The summed E-state index contributed by atoms with van der Waals surface area (Å²) in [5, 5.41) is 2.16. The highest BCUT2D eigenvalue weighted by molar-refractivity contribution is 9.09. The summed E-state index contributed by atoms with van der Waals surface area (Å²) < 4.78 is 0. The summed E-state index contributed by atoms with van der Waals surface area (Å²) in [6.07, 6.45) is 4.70. The van der Waals surface area contributed by atoms with Gasteiger partial charge in [-0.1, -0.05) is 65.2 Å². The Kier molecular flexibility index (Phi) is 4.29. The molecule has 0 aromatic heterocycles. The van der Waals surface area contributed by atoms with E-state index in [9.17, 15) is 4.79 Å². The second-order valence-electron chi connectivity index (χ2n) is 5.81. The van der Waals surface area contributed by atoms with E-state index in [1.807, 2.05) is 42.3 Å². The van der Waals surface area contributed by atoms with Gasteiger partial charge in [-0.05, 0) is 29.7 Å². The van der Waals surface area contributed by atoms with E-state index < -0.39 is 0 Å². The van der Waals surface area contributed by atoms with Gasteiger partial charge in [0.25, 0.3) is 5.91 Å². The highest BCUT2D eigenvalue weighted by Crippen LogP contribution is 2.29. The second kappa shape index (κ2) is 6.18. The van der Waals surface area contributed by atoms with Gasteiger partial charge in [0, 0.05) is 23.5 Å². The van der Waals surface area contributed by atoms with Crippen LogP contribution in [0, 0.1) is 0 Å². The van der Waals surface area contributed by atoms with Crippen LogP contribution in [0.4, 0.5) is 0 Å². The van der Waals surface area contributed by atoms with Gasteiger partial charge in [0.2, 0.25) is 0 Å². The van der Waals surface area contributed by atoms with Gasteiger partial charge in [-0.25, -0.2) is 0 Å². The van der Waals surface area contributed by atoms with E-state index >= 15 is 0 Å². The summed E-state index contributed by atoms with van der Waals surface area (Å²) in [4.78, 5) is 15.3. The second-order valence-corrected chi connectivity index (χ2v) is 6.99. The normalized spacial score (nSPS) is 22.2. The Hall–Kier alpha value is -1.35. The van der Waals surface area contributed by atoms with Crippen molar-refractivity contribution in [1.82, 2.24) is 4.90 Å². The molecule has 1 aliphatic carbocycles. The maximum atomic E-state index is 12.9. The largest absolute Gasteiger partial charge is 0.338 e. The molecule has 2 aromatic carbocycles. The molecule has 0 radical (unpaired) electrons. The lowest BCUT2D eigenvalue weighted by Gasteiger charge is -2.35. The average Bonchev–Trinajstić information content (AvgIpc) is 2.53. The number of hydrogen-bond donors (Lipinski definition) is 0. The first-order valence-electron chi connectivity index (χ1n) is 7.57. The molecule has 2 atom stereocenters. The highest BCUT2D eigenvalue weighted by Gasteiger charge is 2.29. The number of benzene rings is 2. The Morgan fingerprint density at radius 2 is 1.81 bits per heavy atom. The molecule has 3 heteroatoms. The van der Waals surface area contributed by atoms with Gasteiger partial charge in [0.05, 0.1) is 0 Å². The van der Waals surface area contributed by atoms with E-state index in [0.29, 0.717) is 10.9 Å². The number of carbonyl (C=O) groups is 1. The van der Waals surface area contributed by atoms with Crippen LogP contribution in [-0.2, 0) is 0 Å². The molecule has 0 bridgehead atoms. The molecule has 1 aliphatic rings. The quantitative estimate of drug-likeness (QED) is 0.727. The third kappa shape index (κ3) is 2.84.